The van der Waals surface area contributed by atoms with Gasteiger partial charge in [0.05, 0.1) is 37.0 Å². The number of rotatable bonds is 11. The van der Waals surface area contributed by atoms with Crippen LogP contribution in [-0.2, 0) is 11.3 Å². The second-order valence-electron chi connectivity index (χ2n) is 10.7. The lowest BCUT2D eigenvalue weighted by atomic mass is 9.85. The van der Waals surface area contributed by atoms with E-state index in [1.807, 2.05) is 13.0 Å². The monoisotopic (exact) mass is 634 g/mol. The Morgan fingerprint density at radius 1 is 1.11 bits per heavy atom. The number of benzene rings is 1. The standard InChI is InChI=1S/C27H30ClF3N10O3/c1-17(13-40-16-34-37-38-40)44-24-8-18(2-3-22(24)28)19-11-32-26(33-12-19)35-23-14-41(36-25(23)43-15-27(29,30)31)21-9-20(10-21)39-4-6-42-7-5-39/h2-3,8,11-12,14,16-17,20-21H,4-7,9-10,13,15H2,1H3,(H,32,33,35)/t17-,20?,21?/m0/s1. The van der Waals surface area contributed by atoms with E-state index < -0.39 is 12.8 Å². The molecule has 0 spiro atoms. The van der Waals surface area contributed by atoms with Crippen molar-refractivity contribution in [3.8, 4) is 22.8 Å². The van der Waals surface area contributed by atoms with E-state index in [0.29, 0.717) is 42.1 Å². The van der Waals surface area contributed by atoms with Gasteiger partial charge in [-0.3, -0.25) is 9.58 Å². The number of anilines is 2. The molecule has 4 aromatic rings. The molecular weight excluding hydrogens is 605 g/mol. The molecule has 6 rings (SSSR count). The number of halogens is 4. The quantitative estimate of drug-likeness (QED) is 0.255. The van der Waals surface area contributed by atoms with Crippen LogP contribution in [0, 0.1) is 0 Å². The smallest absolute Gasteiger partial charge is 0.422 e. The summed E-state index contributed by atoms with van der Waals surface area (Å²) < 4.78 is 58.6. The summed E-state index contributed by atoms with van der Waals surface area (Å²) in [4.78, 5) is 11.1. The Balaban J connectivity index is 1.13. The fraction of sp³-hybridized carbons (Fsp3) is 0.481. The van der Waals surface area contributed by atoms with Gasteiger partial charge in [0.15, 0.2) is 6.61 Å². The highest BCUT2D eigenvalue weighted by Gasteiger charge is 2.37. The highest BCUT2D eigenvalue weighted by molar-refractivity contribution is 6.32. The van der Waals surface area contributed by atoms with E-state index in [2.05, 4.69) is 40.8 Å². The maximum Gasteiger partial charge on any atom is 0.422 e. The Kier molecular flexibility index (Phi) is 8.81. The minimum atomic E-state index is -4.51. The van der Waals surface area contributed by atoms with Crippen molar-refractivity contribution in [1.82, 2.24) is 44.9 Å². The zero-order chi connectivity index (χ0) is 30.7. The summed E-state index contributed by atoms with van der Waals surface area (Å²) in [6, 6.07) is 5.74. The minimum Gasteiger partial charge on any atom is -0.487 e. The van der Waals surface area contributed by atoms with Crippen LogP contribution in [0.15, 0.2) is 43.1 Å². The second kappa shape index (κ2) is 12.9. The predicted molar refractivity (Wildman–Crippen MR) is 152 cm³/mol. The number of nitrogens with zero attached hydrogens (tertiary/aromatic N) is 9. The summed E-state index contributed by atoms with van der Waals surface area (Å²) in [5.74, 6) is 0.475. The average molecular weight is 635 g/mol. The Morgan fingerprint density at radius 2 is 1.89 bits per heavy atom. The largest absolute Gasteiger partial charge is 0.487 e. The van der Waals surface area contributed by atoms with Crippen molar-refractivity contribution in [1.29, 1.82) is 0 Å². The Bertz CT molecular complexity index is 1530. The molecule has 0 amide bonds. The molecule has 0 bridgehead atoms. The van der Waals surface area contributed by atoms with Gasteiger partial charge in [-0.25, -0.2) is 14.6 Å². The first-order valence-corrected chi connectivity index (χ1v) is 14.4. The molecule has 234 valence electrons. The van der Waals surface area contributed by atoms with Gasteiger partial charge < -0.3 is 19.5 Å². The molecule has 1 aliphatic heterocycles. The molecule has 44 heavy (non-hydrogen) atoms. The van der Waals surface area contributed by atoms with Gasteiger partial charge in [0.25, 0.3) is 5.88 Å². The maximum atomic E-state index is 13.0. The summed E-state index contributed by atoms with van der Waals surface area (Å²) >= 11 is 6.37. The molecule has 0 unspecified atom stereocenters. The van der Waals surface area contributed by atoms with Crippen molar-refractivity contribution in [2.24, 2.45) is 0 Å². The van der Waals surface area contributed by atoms with Crippen LogP contribution >= 0.6 is 11.6 Å². The Hall–Kier alpha value is -4.02. The molecule has 17 heteroatoms. The summed E-state index contributed by atoms with van der Waals surface area (Å²) in [5.41, 5.74) is 1.68. The van der Waals surface area contributed by atoms with Gasteiger partial charge >= 0.3 is 6.18 Å². The normalized spacial score (nSPS) is 19.8. The van der Waals surface area contributed by atoms with E-state index in [1.54, 1.807) is 40.1 Å². The number of nitrogens with one attached hydrogen (secondary N) is 1. The van der Waals surface area contributed by atoms with Crippen LogP contribution in [-0.4, -0.2) is 96.1 Å². The molecule has 2 aliphatic rings. The van der Waals surface area contributed by atoms with E-state index in [0.717, 1.165) is 31.5 Å². The maximum absolute atomic E-state index is 13.0. The van der Waals surface area contributed by atoms with Crippen molar-refractivity contribution in [3.63, 3.8) is 0 Å². The van der Waals surface area contributed by atoms with Crippen molar-refractivity contribution >= 4 is 23.2 Å². The number of morpholine rings is 1. The molecule has 2 fully saturated rings. The third kappa shape index (κ3) is 7.36. The number of hydrogen-bond acceptors (Lipinski definition) is 11. The van der Waals surface area contributed by atoms with Gasteiger partial charge in [-0.15, -0.1) is 10.2 Å². The summed E-state index contributed by atoms with van der Waals surface area (Å²) in [7, 11) is 0. The summed E-state index contributed by atoms with van der Waals surface area (Å²) in [5, 5.41) is 18.8. The average Bonchev–Trinajstić information content (AvgIpc) is 3.63. The van der Waals surface area contributed by atoms with Gasteiger partial charge in [0.1, 0.15) is 23.9 Å². The molecule has 1 N–H and O–H groups in total. The zero-order valence-corrected chi connectivity index (χ0v) is 24.4. The fourth-order valence-corrected chi connectivity index (χ4v) is 5.30. The lowest BCUT2D eigenvalue weighted by Gasteiger charge is -2.44. The summed E-state index contributed by atoms with van der Waals surface area (Å²) in [6.07, 6.45) is 3.22. The first kappa shape index (κ1) is 30.0. The van der Waals surface area contributed by atoms with Crippen molar-refractivity contribution in [3.05, 3.63) is 48.1 Å². The van der Waals surface area contributed by atoms with Gasteiger partial charge in [0, 0.05) is 37.1 Å². The number of aromatic nitrogens is 8. The van der Waals surface area contributed by atoms with E-state index in [-0.39, 0.29) is 29.7 Å². The van der Waals surface area contributed by atoms with Gasteiger partial charge in [-0.2, -0.15) is 13.2 Å². The van der Waals surface area contributed by atoms with E-state index in [1.165, 1.54) is 6.33 Å². The fourth-order valence-electron chi connectivity index (χ4n) is 5.14. The van der Waals surface area contributed by atoms with Crippen molar-refractivity contribution < 1.29 is 27.4 Å². The van der Waals surface area contributed by atoms with Crippen LogP contribution in [0.1, 0.15) is 25.8 Å². The summed E-state index contributed by atoms with van der Waals surface area (Å²) in [6.45, 7) is 4.01. The van der Waals surface area contributed by atoms with E-state index in [9.17, 15) is 13.2 Å². The molecule has 1 aliphatic carbocycles. The minimum absolute atomic E-state index is 0.0480. The van der Waals surface area contributed by atoms with Crippen molar-refractivity contribution in [2.75, 3.05) is 38.2 Å². The molecule has 3 aromatic heterocycles. The lowest BCUT2D eigenvalue weighted by molar-refractivity contribution is -0.154. The first-order chi connectivity index (χ1) is 21.2. The predicted octanol–water partition coefficient (Wildman–Crippen LogP) is 4.17. The lowest BCUT2D eigenvalue weighted by Crippen LogP contribution is -2.50. The number of ether oxygens (including phenoxy) is 3. The van der Waals surface area contributed by atoms with Gasteiger partial charge in [-0.1, -0.05) is 17.7 Å². The topological polar surface area (TPSA) is 130 Å². The van der Waals surface area contributed by atoms with Gasteiger partial charge in [-0.05, 0) is 47.9 Å². The molecule has 0 radical (unpaired) electrons. The van der Waals surface area contributed by atoms with Crippen LogP contribution in [0.3, 0.4) is 0 Å². The molecule has 1 aromatic carbocycles. The number of hydrogen-bond donors (Lipinski definition) is 1. The van der Waals surface area contributed by atoms with Crippen LogP contribution < -0.4 is 14.8 Å². The van der Waals surface area contributed by atoms with Crippen LogP contribution in [0.2, 0.25) is 5.02 Å². The van der Waals surface area contributed by atoms with Crippen LogP contribution in [0.25, 0.3) is 11.1 Å². The zero-order valence-electron chi connectivity index (χ0n) is 23.7. The third-order valence-electron chi connectivity index (χ3n) is 7.42. The molecular formula is C27H30ClF3N10O3. The SMILES string of the molecule is C[C@@H](Cn1cnnn1)Oc1cc(-c2cnc(Nc3cn(C4CC(N5CCOCC5)C4)nc3OCC(F)(F)F)nc2)ccc1Cl. The van der Waals surface area contributed by atoms with Crippen LogP contribution in [0.4, 0.5) is 24.8 Å². The van der Waals surface area contributed by atoms with Gasteiger partial charge in [0.2, 0.25) is 5.95 Å². The van der Waals surface area contributed by atoms with Crippen molar-refractivity contribution in [2.45, 2.75) is 50.7 Å². The van der Waals surface area contributed by atoms with Crippen LogP contribution in [0.5, 0.6) is 11.6 Å². The van der Waals surface area contributed by atoms with E-state index in [4.69, 9.17) is 25.8 Å². The highest BCUT2D eigenvalue weighted by Crippen LogP contribution is 2.39. The molecule has 13 nitrogen and oxygen atoms in total. The molecule has 1 saturated carbocycles. The number of alkyl halides is 3. The highest BCUT2D eigenvalue weighted by atomic mass is 35.5. The molecule has 4 heterocycles. The molecule has 1 saturated heterocycles. The Morgan fingerprint density at radius 3 is 2.59 bits per heavy atom. The third-order valence-corrected chi connectivity index (χ3v) is 7.73. The first-order valence-electron chi connectivity index (χ1n) is 14.1. The number of tetrazole rings is 1. The molecule has 1 atom stereocenters. The van der Waals surface area contributed by atoms with E-state index >= 15 is 0 Å². The second-order valence-corrected chi connectivity index (χ2v) is 11.1. The Labute approximate surface area is 255 Å².